The minimum Gasteiger partial charge on any atom is -0.485 e. The third-order valence-electron chi connectivity index (χ3n) is 4.41. The van der Waals surface area contributed by atoms with Crippen LogP contribution in [0.1, 0.15) is 31.0 Å². The Kier molecular flexibility index (Phi) is 5.24. The van der Waals surface area contributed by atoms with E-state index in [1.54, 1.807) is 38.1 Å². The molecule has 2 heterocycles. The Hall–Kier alpha value is -1.68. The Morgan fingerprint density at radius 3 is 2.59 bits per heavy atom. The fraction of sp³-hybridized carbons (Fsp3) is 0.389. The van der Waals surface area contributed by atoms with Crippen molar-refractivity contribution >= 4 is 26.0 Å². The van der Waals surface area contributed by atoms with E-state index in [4.69, 9.17) is 8.92 Å². The van der Waals surface area contributed by atoms with Crippen molar-refractivity contribution in [1.29, 1.82) is 0 Å². The molecule has 1 aliphatic rings. The van der Waals surface area contributed by atoms with Crippen molar-refractivity contribution < 1.29 is 22.4 Å². The molecule has 2 aromatic rings. The third kappa shape index (κ3) is 4.11. The number of halogens is 1. The number of benzene rings is 1. The summed E-state index contributed by atoms with van der Waals surface area (Å²) >= 11 is 3.41. The van der Waals surface area contributed by atoms with Gasteiger partial charge < -0.3 is 14.4 Å². The average Bonchev–Trinajstić information content (AvgIpc) is 2.55. The van der Waals surface area contributed by atoms with Gasteiger partial charge in [0.1, 0.15) is 17.5 Å². The Morgan fingerprint density at radius 2 is 2.00 bits per heavy atom. The number of aliphatic hydroxyl groups is 1. The van der Waals surface area contributed by atoms with Gasteiger partial charge in [-0.25, -0.2) is 0 Å². The zero-order valence-electron chi connectivity index (χ0n) is 15.0. The van der Waals surface area contributed by atoms with E-state index in [-0.39, 0.29) is 12.2 Å². The molecule has 0 radical (unpaired) electrons. The number of pyridine rings is 1. The molecular weight excluding hydrogens is 438 g/mol. The number of hydrogen-bond donors (Lipinski definition) is 1. The third-order valence-corrected chi connectivity index (χ3v) is 5.46. The monoisotopic (exact) mass is 457 g/mol. The van der Waals surface area contributed by atoms with Crippen LogP contribution in [0.3, 0.4) is 0 Å². The summed E-state index contributed by atoms with van der Waals surface area (Å²) in [4.78, 5) is 12.7. The van der Waals surface area contributed by atoms with Crippen LogP contribution in [0.2, 0.25) is 0 Å². The second-order valence-electron chi connectivity index (χ2n) is 6.99. The van der Waals surface area contributed by atoms with E-state index in [0.717, 1.165) is 10.7 Å². The van der Waals surface area contributed by atoms with E-state index in [2.05, 4.69) is 15.9 Å². The molecule has 0 fully saturated rings. The number of hydrogen-bond acceptors (Lipinski definition) is 6. The van der Waals surface area contributed by atoms with Gasteiger partial charge in [-0.15, -0.1) is 0 Å². The maximum Gasteiger partial charge on any atom is 0.264 e. The van der Waals surface area contributed by atoms with E-state index >= 15 is 0 Å². The van der Waals surface area contributed by atoms with Crippen molar-refractivity contribution in [1.82, 2.24) is 4.57 Å². The van der Waals surface area contributed by atoms with E-state index in [1.165, 1.54) is 16.8 Å². The van der Waals surface area contributed by atoms with Gasteiger partial charge in [0.2, 0.25) is 0 Å². The first-order chi connectivity index (χ1) is 12.5. The van der Waals surface area contributed by atoms with Crippen LogP contribution in [-0.4, -0.2) is 36.1 Å². The lowest BCUT2D eigenvalue weighted by atomic mass is 9.86. The average molecular weight is 458 g/mol. The SMILES string of the molecule is CC1(C)Oc2ccc(Br)cc2[C@@H](n2ccc(CO)cc2=O)[C@@H]1OS(C)(=O)=O. The lowest BCUT2D eigenvalue weighted by molar-refractivity contribution is -0.0463. The molecule has 0 bridgehead atoms. The van der Waals surface area contributed by atoms with Gasteiger partial charge in [0, 0.05) is 22.3 Å². The molecule has 0 unspecified atom stereocenters. The lowest BCUT2D eigenvalue weighted by Gasteiger charge is -2.44. The van der Waals surface area contributed by atoms with E-state index < -0.39 is 27.9 Å². The Balaban J connectivity index is 2.27. The highest BCUT2D eigenvalue weighted by Gasteiger charge is 2.48. The maximum absolute atomic E-state index is 12.7. The van der Waals surface area contributed by atoms with Crippen LogP contribution in [0.15, 0.2) is 45.8 Å². The minimum absolute atomic E-state index is 0.263. The number of fused-ring (bicyclic) bond motifs is 1. The van der Waals surface area contributed by atoms with Crippen LogP contribution in [0.25, 0.3) is 0 Å². The van der Waals surface area contributed by atoms with Crippen LogP contribution in [0, 0.1) is 0 Å². The molecule has 1 N–H and O–H groups in total. The molecule has 1 aromatic heterocycles. The van der Waals surface area contributed by atoms with E-state index in [0.29, 0.717) is 16.9 Å². The summed E-state index contributed by atoms with van der Waals surface area (Å²) < 4.78 is 37.4. The molecule has 146 valence electrons. The molecule has 0 saturated heterocycles. The lowest BCUT2D eigenvalue weighted by Crippen LogP contribution is -2.54. The second kappa shape index (κ2) is 7.05. The van der Waals surface area contributed by atoms with Crippen LogP contribution in [0.4, 0.5) is 0 Å². The predicted octanol–water partition coefficient (Wildman–Crippen LogP) is 2.21. The topological polar surface area (TPSA) is 94.8 Å². The van der Waals surface area contributed by atoms with Crippen LogP contribution < -0.4 is 10.3 Å². The molecule has 7 nitrogen and oxygen atoms in total. The van der Waals surface area contributed by atoms with Crippen molar-refractivity contribution in [3.63, 3.8) is 0 Å². The first-order valence-corrected chi connectivity index (χ1v) is 10.8. The fourth-order valence-electron chi connectivity index (χ4n) is 3.24. The number of nitrogens with zero attached hydrogens (tertiary/aromatic N) is 1. The number of ether oxygens (including phenoxy) is 1. The highest BCUT2D eigenvalue weighted by molar-refractivity contribution is 9.10. The molecule has 0 aliphatic carbocycles. The van der Waals surface area contributed by atoms with Crippen molar-refractivity contribution in [3.05, 3.63) is 62.5 Å². The first kappa shape index (κ1) is 20.1. The summed E-state index contributed by atoms with van der Waals surface area (Å²) in [5, 5.41) is 9.27. The maximum atomic E-state index is 12.7. The van der Waals surface area contributed by atoms with Gasteiger partial charge in [-0.1, -0.05) is 15.9 Å². The first-order valence-electron chi connectivity index (χ1n) is 8.20. The largest absolute Gasteiger partial charge is 0.485 e. The van der Waals surface area contributed by atoms with Gasteiger partial charge in [-0.2, -0.15) is 8.42 Å². The van der Waals surface area contributed by atoms with Gasteiger partial charge >= 0.3 is 0 Å². The molecule has 9 heteroatoms. The van der Waals surface area contributed by atoms with Crippen molar-refractivity contribution in [2.24, 2.45) is 0 Å². The van der Waals surface area contributed by atoms with Gasteiger partial charge in [0.25, 0.3) is 15.7 Å². The van der Waals surface area contributed by atoms with Crippen LogP contribution in [-0.2, 0) is 20.9 Å². The molecule has 27 heavy (non-hydrogen) atoms. The summed E-state index contributed by atoms with van der Waals surface area (Å²) in [6, 6.07) is 7.53. The fourth-order valence-corrected chi connectivity index (χ4v) is 4.33. The van der Waals surface area contributed by atoms with Gasteiger partial charge in [-0.05, 0) is 43.7 Å². The van der Waals surface area contributed by atoms with E-state index in [1.807, 2.05) is 0 Å². The summed E-state index contributed by atoms with van der Waals surface area (Å²) in [5.74, 6) is 0.541. The Morgan fingerprint density at radius 1 is 1.30 bits per heavy atom. The quantitative estimate of drug-likeness (QED) is 0.707. The van der Waals surface area contributed by atoms with Crippen LogP contribution >= 0.6 is 15.9 Å². The molecule has 0 amide bonds. The second-order valence-corrected chi connectivity index (χ2v) is 9.51. The summed E-state index contributed by atoms with van der Waals surface area (Å²) in [7, 11) is -3.82. The van der Waals surface area contributed by atoms with Crippen molar-refractivity contribution in [3.8, 4) is 5.75 Å². The van der Waals surface area contributed by atoms with Crippen LogP contribution in [0.5, 0.6) is 5.75 Å². The van der Waals surface area contributed by atoms with Gasteiger partial charge in [0.15, 0.2) is 0 Å². The number of rotatable bonds is 4. The Labute approximate surface area is 165 Å². The molecule has 0 saturated carbocycles. The normalized spacial score (nSPS) is 21.4. The molecule has 3 rings (SSSR count). The highest BCUT2D eigenvalue weighted by Crippen LogP contribution is 2.44. The molecule has 2 atom stereocenters. The number of aromatic nitrogens is 1. The highest BCUT2D eigenvalue weighted by atomic mass is 79.9. The minimum atomic E-state index is -3.82. The molecular formula is C18H20BrNO6S. The van der Waals surface area contributed by atoms with Gasteiger partial charge in [0.05, 0.1) is 18.9 Å². The van der Waals surface area contributed by atoms with Gasteiger partial charge in [-0.3, -0.25) is 8.98 Å². The zero-order chi connectivity index (χ0) is 20.0. The molecule has 1 aliphatic heterocycles. The predicted molar refractivity (Wildman–Crippen MR) is 103 cm³/mol. The summed E-state index contributed by atoms with van der Waals surface area (Å²) in [6.07, 6.45) is 1.52. The summed E-state index contributed by atoms with van der Waals surface area (Å²) in [5.41, 5.74) is -0.310. The Bertz CT molecular complexity index is 1030. The standard InChI is InChI=1S/C18H20BrNO6S/c1-18(2)17(26-27(3,23)24)16(13-9-12(19)4-5-14(13)25-18)20-7-6-11(10-21)8-15(20)22/h4-9,16-17,21H,10H2,1-3H3/t16-,17+/m1/s1. The molecule has 1 aromatic carbocycles. The van der Waals surface area contributed by atoms with Crippen molar-refractivity contribution in [2.45, 2.75) is 38.2 Å². The molecule has 0 spiro atoms. The number of aliphatic hydroxyl groups excluding tert-OH is 1. The zero-order valence-corrected chi connectivity index (χ0v) is 17.5. The van der Waals surface area contributed by atoms with Crippen molar-refractivity contribution in [2.75, 3.05) is 6.26 Å². The van der Waals surface area contributed by atoms with E-state index in [9.17, 15) is 18.3 Å². The smallest absolute Gasteiger partial charge is 0.264 e. The summed E-state index contributed by atoms with van der Waals surface area (Å²) in [6.45, 7) is 3.17.